The van der Waals surface area contributed by atoms with Crippen LogP contribution in [0, 0.1) is 11.8 Å². The summed E-state index contributed by atoms with van der Waals surface area (Å²) in [5, 5.41) is 9.73. The van der Waals surface area contributed by atoms with E-state index in [0.717, 1.165) is 23.4 Å². The Kier molecular flexibility index (Phi) is 5.20. The molecule has 0 aliphatic heterocycles. The van der Waals surface area contributed by atoms with Crippen molar-refractivity contribution in [3.63, 3.8) is 0 Å². The molecule has 0 radical (unpaired) electrons. The number of benzene rings is 1. The summed E-state index contributed by atoms with van der Waals surface area (Å²) in [5.41, 5.74) is 2.13. The molecule has 0 saturated heterocycles. The maximum absolute atomic E-state index is 9.73. The largest absolute Gasteiger partial charge is 0.378 e. The van der Waals surface area contributed by atoms with E-state index in [-0.39, 0.29) is 6.04 Å². The molecule has 4 nitrogen and oxygen atoms in total. The Bertz CT molecular complexity index is 910. The molecule has 0 fully saturated rings. The Hall–Kier alpha value is -2.90. The summed E-state index contributed by atoms with van der Waals surface area (Å²) < 4.78 is 2.20. The van der Waals surface area contributed by atoms with Crippen molar-refractivity contribution in [2.75, 3.05) is 0 Å². The molecule has 2 aromatic heterocycles. The fourth-order valence-electron chi connectivity index (χ4n) is 2.89. The van der Waals surface area contributed by atoms with Gasteiger partial charge in [-0.1, -0.05) is 30.9 Å². The first-order valence-electron chi connectivity index (χ1n) is 8.76. The predicted molar refractivity (Wildman–Crippen MR) is 104 cm³/mol. The second-order valence-electron chi connectivity index (χ2n) is 6.75. The molecular weight excluding hydrogens is 322 g/mol. The summed E-state index contributed by atoms with van der Waals surface area (Å²) in [5.74, 6) is 6.76. The number of pyridine rings is 1. The van der Waals surface area contributed by atoms with Gasteiger partial charge in [-0.05, 0) is 50.1 Å². The highest BCUT2D eigenvalue weighted by Gasteiger charge is 2.16. The highest BCUT2D eigenvalue weighted by molar-refractivity contribution is 5.58. The molecule has 0 aliphatic rings. The van der Waals surface area contributed by atoms with Crippen molar-refractivity contribution in [2.45, 2.75) is 38.8 Å². The molecule has 2 heterocycles. The summed E-state index contributed by atoms with van der Waals surface area (Å²) in [6, 6.07) is 12.3. The Balaban J connectivity index is 1.92. The molecule has 3 aromatic rings. The van der Waals surface area contributed by atoms with Crippen LogP contribution in [0.1, 0.15) is 44.4 Å². The third-order valence-electron chi connectivity index (χ3n) is 4.14. The maximum atomic E-state index is 9.73. The summed E-state index contributed by atoms with van der Waals surface area (Å²) in [7, 11) is 0. The van der Waals surface area contributed by atoms with E-state index in [9.17, 15) is 5.11 Å². The van der Waals surface area contributed by atoms with Crippen molar-refractivity contribution in [1.29, 1.82) is 0 Å². The van der Waals surface area contributed by atoms with Crippen LogP contribution in [0.25, 0.3) is 11.4 Å². The van der Waals surface area contributed by atoms with Crippen LogP contribution in [0.5, 0.6) is 0 Å². The zero-order valence-corrected chi connectivity index (χ0v) is 15.3. The van der Waals surface area contributed by atoms with Crippen molar-refractivity contribution in [3.8, 4) is 23.2 Å². The predicted octanol–water partition coefficient (Wildman–Crippen LogP) is 4.07. The van der Waals surface area contributed by atoms with Crippen molar-refractivity contribution in [1.82, 2.24) is 14.5 Å². The second kappa shape index (κ2) is 7.55. The first-order chi connectivity index (χ1) is 12.5. The Morgan fingerprint density at radius 3 is 2.38 bits per heavy atom. The maximum Gasteiger partial charge on any atom is 0.140 e. The molecule has 26 heavy (non-hydrogen) atoms. The van der Waals surface area contributed by atoms with Crippen molar-refractivity contribution < 1.29 is 5.11 Å². The van der Waals surface area contributed by atoms with Crippen LogP contribution in [-0.2, 0) is 0 Å². The monoisotopic (exact) mass is 345 g/mol. The first-order valence-corrected chi connectivity index (χ1v) is 8.76. The minimum atomic E-state index is -0.992. The van der Waals surface area contributed by atoms with Gasteiger partial charge in [0.15, 0.2) is 0 Å². The van der Waals surface area contributed by atoms with Crippen LogP contribution < -0.4 is 0 Å². The number of hydrogen-bond donors (Lipinski definition) is 1. The van der Waals surface area contributed by atoms with E-state index in [1.165, 1.54) is 5.56 Å². The third kappa shape index (κ3) is 4.19. The van der Waals surface area contributed by atoms with Crippen LogP contribution in [0.2, 0.25) is 0 Å². The molecule has 3 rings (SSSR count). The van der Waals surface area contributed by atoms with Crippen LogP contribution in [0.3, 0.4) is 0 Å². The molecule has 0 unspecified atom stereocenters. The van der Waals surface area contributed by atoms with E-state index in [2.05, 4.69) is 33.3 Å². The Labute approximate surface area is 154 Å². The SMILES string of the molecule is CC[C@H](c1ccncc1)n1ccnc1-c1ccc(C#CC(C)(C)O)cc1. The van der Waals surface area contributed by atoms with E-state index in [0.29, 0.717) is 0 Å². The van der Waals surface area contributed by atoms with Crippen LogP contribution in [-0.4, -0.2) is 25.2 Å². The molecule has 1 N–H and O–H groups in total. The summed E-state index contributed by atoms with van der Waals surface area (Å²) >= 11 is 0. The molecule has 0 spiro atoms. The van der Waals surface area contributed by atoms with Gasteiger partial charge < -0.3 is 9.67 Å². The molecule has 0 amide bonds. The highest BCUT2D eigenvalue weighted by Crippen LogP contribution is 2.27. The lowest BCUT2D eigenvalue weighted by atomic mass is 10.0. The van der Waals surface area contributed by atoms with Crippen molar-refractivity contribution in [2.24, 2.45) is 0 Å². The summed E-state index contributed by atoms with van der Waals surface area (Å²) in [4.78, 5) is 8.68. The number of aliphatic hydroxyl groups is 1. The molecule has 0 bridgehead atoms. The average molecular weight is 345 g/mol. The normalized spacial score (nSPS) is 12.3. The van der Waals surface area contributed by atoms with Crippen molar-refractivity contribution in [3.05, 3.63) is 72.3 Å². The van der Waals surface area contributed by atoms with Gasteiger partial charge in [-0.2, -0.15) is 0 Å². The number of nitrogens with zero attached hydrogens (tertiary/aromatic N) is 3. The van der Waals surface area contributed by atoms with Gasteiger partial charge in [0.25, 0.3) is 0 Å². The highest BCUT2D eigenvalue weighted by atomic mass is 16.3. The Morgan fingerprint density at radius 1 is 1.08 bits per heavy atom. The van der Waals surface area contributed by atoms with E-state index in [4.69, 9.17) is 0 Å². The molecular formula is C22H23N3O. The van der Waals surface area contributed by atoms with Gasteiger partial charge in [0.05, 0.1) is 6.04 Å². The van der Waals surface area contributed by atoms with Gasteiger partial charge in [-0.15, -0.1) is 0 Å². The smallest absolute Gasteiger partial charge is 0.140 e. The lowest BCUT2D eigenvalue weighted by Gasteiger charge is -2.20. The quantitative estimate of drug-likeness (QED) is 0.725. The third-order valence-corrected chi connectivity index (χ3v) is 4.14. The van der Waals surface area contributed by atoms with Gasteiger partial charge in [-0.25, -0.2) is 4.98 Å². The fourth-order valence-corrected chi connectivity index (χ4v) is 2.89. The van der Waals surface area contributed by atoms with Crippen LogP contribution >= 0.6 is 0 Å². The summed E-state index contributed by atoms with van der Waals surface area (Å²) in [6.07, 6.45) is 8.46. The number of aromatic nitrogens is 3. The topological polar surface area (TPSA) is 50.9 Å². The van der Waals surface area contributed by atoms with Gasteiger partial charge >= 0.3 is 0 Å². The minimum Gasteiger partial charge on any atom is -0.378 e. The number of imidazole rings is 1. The van der Waals surface area contributed by atoms with Crippen LogP contribution in [0.4, 0.5) is 0 Å². The van der Waals surface area contributed by atoms with Gasteiger partial charge in [0.1, 0.15) is 11.4 Å². The second-order valence-corrected chi connectivity index (χ2v) is 6.75. The molecule has 1 aromatic carbocycles. The lowest BCUT2D eigenvalue weighted by Crippen LogP contribution is -2.14. The molecule has 1 atom stereocenters. The summed E-state index contributed by atoms with van der Waals surface area (Å²) in [6.45, 7) is 5.52. The van der Waals surface area contributed by atoms with E-state index in [1.807, 2.05) is 61.2 Å². The lowest BCUT2D eigenvalue weighted by molar-refractivity contribution is 0.143. The fraction of sp³-hybridized carbons (Fsp3) is 0.273. The van der Waals surface area contributed by atoms with Gasteiger partial charge in [-0.3, -0.25) is 4.98 Å². The molecule has 0 saturated carbocycles. The first kappa shape index (κ1) is 17.9. The molecule has 0 aliphatic carbocycles. The Morgan fingerprint density at radius 2 is 1.77 bits per heavy atom. The van der Waals surface area contributed by atoms with E-state index in [1.54, 1.807) is 13.8 Å². The van der Waals surface area contributed by atoms with E-state index >= 15 is 0 Å². The van der Waals surface area contributed by atoms with Gasteiger partial charge in [0.2, 0.25) is 0 Å². The minimum absolute atomic E-state index is 0.213. The molecule has 4 heteroatoms. The number of rotatable bonds is 4. The number of hydrogen-bond acceptors (Lipinski definition) is 3. The zero-order chi connectivity index (χ0) is 18.6. The van der Waals surface area contributed by atoms with Crippen molar-refractivity contribution >= 4 is 0 Å². The zero-order valence-electron chi connectivity index (χ0n) is 15.3. The van der Waals surface area contributed by atoms with E-state index < -0.39 is 5.60 Å². The van der Waals surface area contributed by atoms with Crippen LogP contribution in [0.15, 0.2) is 61.2 Å². The van der Waals surface area contributed by atoms with Gasteiger partial charge in [0, 0.05) is 35.9 Å². The average Bonchev–Trinajstić information content (AvgIpc) is 3.11. The standard InChI is InChI=1S/C22H23N3O/c1-4-20(18-10-13-23-14-11-18)25-16-15-24-21(25)19-7-5-17(6-8-19)9-12-22(2,3)26/h5-8,10-11,13-16,20,26H,4H2,1-3H3/t20-/m1/s1. The molecule has 132 valence electrons.